The van der Waals surface area contributed by atoms with Crippen LogP contribution in [-0.2, 0) is 15.9 Å². The van der Waals surface area contributed by atoms with E-state index in [1.54, 1.807) is 14.2 Å². The lowest BCUT2D eigenvalue weighted by atomic mass is 10.00. The van der Waals surface area contributed by atoms with E-state index in [-0.39, 0.29) is 6.04 Å². The highest BCUT2D eigenvalue weighted by atomic mass is 16.5. The molecule has 0 amide bonds. The lowest BCUT2D eigenvalue weighted by molar-refractivity contribution is 0.0733. The van der Waals surface area contributed by atoms with Crippen LogP contribution >= 0.6 is 0 Å². The zero-order chi connectivity index (χ0) is 17.8. The van der Waals surface area contributed by atoms with Gasteiger partial charge in [-0.3, -0.25) is 4.99 Å². The Kier molecular flexibility index (Phi) is 10.1. The summed E-state index contributed by atoms with van der Waals surface area (Å²) in [7, 11) is 3.45. The van der Waals surface area contributed by atoms with Gasteiger partial charge in [0.25, 0.3) is 0 Å². The van der Waals surface area contributed by atoms with Crippen LogP contribution < -0.4 is 10.6 Å². The Labute approximate surface area is 146 Å². The predicted molar refractivity (Wildman–Crippen MR) is 101 cm³/mol. The van der Waals surface area contributed by atoms with Gasteiger partial charge in [-0.2, -0.15) is 0 Å². The van der Waals surface area contributed by atoms with Crippen molar-refractivity contribution in [3.63, 3.8) is 0 Å². The van der Waals surface area contributed by atoms with Gasteiger partial charge in [0.1, 0.15) is 0 Å². The minimum absolute atomic E-state index is 0.193. The summed E-state index contributed by atoms with van der Waals surface area (Å²) >= 11 is 0. The summed E-state index contributed by atoms with van der Waals surface area (Å²) in [6.45, 7) is 9.20. The number of ether oxygens (including phenoxy) is 2. The molecule has 0 aliphatic heterocycles. The Morgan fingerprint density at radius 2 is 1.79 bits per heavy atom. The summed E-state index contributed by atoms with van der Waals surface area (Å²) < 4.78 is 10.4. The molecule has 0 bridgehead atoms. The molecule has 0 aromatic heterocycles. The molecule has 0 radical (unpaired) electrons. The molecule has 0 aliphatic rings. The van der Waals surface area contributed by atoms with Gasteiger partial charge in [0, 0.05) is 20.7 Å². The van der Waals surface area contributed by atoms with Crippen molar-refractivity contribution in [2.24, 2.45) is 10.9 Å². The maximum Gasteiger partial charge on any atom is 0.191 e. The lowest BCUT2D eigenvalue weighted by Gasteiger charge is -2.19. The molecule has 0 saturated heterocycles. The zero-order valence-corrected chi connectivity index (χ0v) is 15.8. The Balaban J connectivity index is 2.39. The van der Waals surface area contributed by atoms with E-state index >= 15 is 0 Å². The van der Waals surface area contributed by atoms with E-state index in [0.717, 1.165) is 12.4 Å². The fourth-order valence-corrected chi connectivity index (χ4v) is 2.38. The Morgan fingerprint density at radius 3 is 2.38 bits per heavy atom. The van der Waals surface area contributed by atoms with Gasteiger partial charge in [0.05, 0.1) is 25.9 Å². The standard InChI is InChI=1S/C19H33N3O2/c1-15(2)14-17-6-8-18(9-7-17)16(3)22-19(20-4)21-10-11-24-13-12-23-5/h6-9,15-16H,10-14H2,1-5H3,(H2,20,21,22). The van der Waals surface area contributed by atoms with Crippen LogP contribution in [0.15, 0.2) is 29.3 Å². The molecule has 1 atom stereocenters. The maximum atomic E-state index is 5.43. The van der Waals surface area contributed by atoms with E-state index in [1.807, 2.05) is 0 Å². The summed E-state index contributed by atoms with van der Waals surface area (Å²) in [5.74, 6) is 1.46. The van der Waals surface area contributed by atoms with Crippen molar-refractivity contribution in [2.75, 3.05) is 40.5 Å². The summed E-state index contributed by atoms with van der Waals surface area (Å²) in [5, 5.41) is 6.66. The first-order valence-electron chi connectivity index (χ1n) is 8.69. The van der Waals surface area contributed by atoms with E-state index in [4.69, 9.17) is 9.47 Å². The molecular formula is C19H33N3O2. The molecule has 5 heteroatoms. The molecule has 5 nitrogen and oxygen atoms in total. The number of guanidine groups is 1. The van der Waals surface area contributed by atoms with Crippen molar-refractivity contribution in [3.05, 3.63) is 35.4 Å². The van der Waals surface area contributed by atoms with Gasteiger partial charge in [-0.25, -0.2) is 0 Å². The van der Waals surface area contributed by atoms with Gasteiger partial charge in [0.2, 0.25) is 0 Å². The number of nitrogens with zero attached hydrogens (tertiary/aromatic N) is 1. The molecule has 2 N–H and O–H groups in total. The van der Waals surface area contributed by atoms with Crippen LogP contribution in [0.2, 0.25) is 0 Å². The van der Waals surface area contributed by atoms with E-state index < -0.39 is 0 Å². The van der Waals surface area contributed by atoms with Crippen molar-refractivity contribution >= 4 is 5.96 Å². The van der Waals surface area contributed by atoms with Crippen LogP contribution in [0.5, 0.6) is 0 Å². The SMILES string of the molecule is CN=C(NCCOCCOC)NC(C)c1ccc(CC(C)C)cc1. The van der Waals surface area contributed by atoms with Gasteiger partial charge in [-0.05, 0) is 30.4 Å². The quantitative estimate of drug-likeness (QED) is 0.392. The first kappa shape index (κ1) is 20.5. The van der Waals surface area contributed by atoms with E-state index in [2.05, 4.69) is 60.7 Å². The monoisotopic (exact) mass is 335 g/mol. The predicted octanol–water partition coefficient (Wildman–Crippen LogP) is 2.77. The number of methoxy groups -OCH3 is 1. The van der Waals surface area contributed by atoms with E-state index in [0.29, 0.717) is 32.3 Å². The Morgan fingerprint density at radius 1 is 1.08 bits per heavy atom. The summed E-state index contributed by atoms with van der Waals surface area (Å²) in [4.78, 5) is 4.26. The van der Waals surface area contributed by atoms with Crippen molar-refractivity contribution in [2.45, 2.75) is 33.2 Å². The fraction of sp³-hybridized carbons (Fsp3) is 0.632. The molecule has 1 aromatic carbocycles. The normalized spacial score (nSPS) is 13.2. The van der Waals surface area contributed by atoms with Crippen LogP contribution in [0.1, 0.15) is 37.9 Å². The molecule has 1 unspecified atom stereocenters. The molecule has 0 aliphatic carbocycles. The number of rotatable bonds is 10. The van der Waals surface area contributed by atoms with E-state index in [9.17, 15) is 0 Å². The van der Waals surface area contributed by atoms with Crippen LogP contribution in [-0.4, -0.2) is 46.5 Å². The highest BCUT2D eigenvalue weighted by molar-refractivity contribution is 5.80. The number of aliphatic imine (C=N–C) groups is 1. The van der Waals surface area contributed by atoms with Crippen LogP contribution in [0.3, 0.4) is 0 Å². The average Bonchev–Trinajstić information content (AvgIpc) is 2.56. The number of nitrogens with one attached hydrogen (secondary N) is 2. The first-order chi connectivity index (χ1) is 11.6. The number of hydrogen-bond donors (Lipinski definition) is 2. The molecule has 0 spiro atoms. The Hall–Kier alpha value is -1.59. The third-order valence-corrected chi connectivity index (χ3v) is 3.67. The second-order valence-electron chi connectivity index (χ2n) is 6.31. The highest BCUT2D eigenvalue weighted by Gasteiger charge is 2.08. The van der Waals surface area contributed by atoms with Gasteiger partial charge in [-0.15, -0.1) is 0 Å². The van der Waals surface area contributed by atoms with Crippen LogP contribution in [0.4, 0.5) is 0 Å². The van der Waals surface area contributed by atoms with Crippen molar-refractivity contribution in [3.8, 4) is 0 Å². The highest BCUT2D eigenvalue weighted by Crippen LogP contribution is 2.15. The van der Waals surface area contributed by atoms with Crippen LogP contribution in [0, 0.1) is 5.92 Å². The van der Waals surface area contributed by atoms with Crippen LogP contribution in [0.25, 0.3) is 0 Å². The summed E-state index contributed by atoms with van der Waals surface area (Å²) in [5.41, 5.74) is 2.64. The minimum atomic E-state index is 0.193. The van der Waals surface area contributed by atoms with E-state index in [1.165, 1.54) is 11.1 Å². The van der Waals surface area contributed by atoms with Crippen molar-refractivity contribution < 1.29 is 9.47 Å². The molecule has 1 rings (SSSR count). The van der Waals surface area contributed by atoms with Gasteiger partial charge < -0.3 is 20.1 Å². The fourth-order valence-electron chi connectivity index (χ4n) is 2.38. The van der Waals surface area contributed by atoms with Gasteiger partial charge in [-0.1, -0.05) is 38.1 Å². The molecule has 1 aromatic rings. The zero-order valence-electron chi connectivity index (χ0n) is 15.8. The summed E-state index contributed by atoms with van der Waals surface area (Å²) in [6, 6.07) is 9.01. The molecular weight excluding hydrogens is 302 g/mol. The minimum Gasteiger partial charge on any atom is -0.382 e. The topological polar surface area (TPSA) is 54.9 Å². The molecule has 0 heterocycles. The second-order valence-corrected chi connectivity index (χ2v) is 6.31. The Bertz CT molecular complexity index is 472. The average molecular weight is 335 g/mol. The third kappa shape index (κ3) is 8.31. The number of benzene rings is 1. The van der Waals surface area contributed by atoms with Crippen molar-refractivity contribution in [1.29, 1.82) is 0 Å². The summed E-state index contributed by atoms with van der Waals surface area (Å²) in [6.07, 6.45) is 1.12. The van der Waals surface area contributed by atoms with Gasteiger partial charge in [0.15, 0.2) is 5.96 Å². The second kappa shape index (κ2) is 11.9. The molecule has 0 saturated carbocycles. The largest absolute Gasteiger partial charge is 0.382 e. The molecule has 0 fully saturated rings. The smallest absolute Gasteiger partial charge is 0.191 e. The molecule has 24 heavy (non-hydrogen) atoms. The molecule has 136 valence electrons. The lowest BCUT2D eigenvalue weighted by Crippen LogP contribution is -2.40. The first-order valence-corrected chi connectivity index (χ1v) is 8.69. The third-order valence-electron chi connectivity index (χ3n) is 3.67. The van der Waals surface area contributed by atoms with Gasteiger partial charge >= 0.3 is 0 Å². The maximum absolute atomic E-state index is 5.43. The number of hydrogen-bond acceptors (Lipinski definition) is 3. The van der Waals surface area contributed by atoms with Crippen molar-refractivity contribution in [1.82, 2.24) is 10.6 Å².